The van der Waals surface area contributed by atoms with E-state index in [1.54, 1.807) is 6.08 Å². The summed E-state index contributed by atoms with van der Waals surface area (Å²) in [6.45, 7) is 5.20. The molecule has 0 radical (unpaired) electrons. The van der Waals surface area contributed by atoms with Crippen molar-refractivity contribution in [3.8, 4) is 0 Å². The van der Waals surface area contributed by atoms with Gasteiger partial charge in [-0.05, 0) is 11.6 Å². The summed E-state index contributed by atoms with van der Waals surface area (Å²) in [6.07, 6.45) is 0.898. The SMILES string of the molecule is C=CCOCC(O)CN(Cc1ccccc1)Cc1ccc(F)cc1F. The molecule has 2 aromatic carbocycles. The Balaban J connectivity index is 2.06. The summed E-state index contributed by atoms with van der Waals surface area (Å²) < 4.78 is 32.3. The minimum Gasteiger partial charge on any atom is -0.389 e. The van der Waals surface area contributed by atoms with Crippen LogP contribution in [-0.4, -0.2) is 35.9 Å². The Hall–Kier alpha value is -2.08. The average molecular weight is 347 g/mol. The highest BCUT2D eigenvalue weighted by atomic mass is 19.1. The zero-order valence-corrected chi connectivity index (χ0v) is 14.1. The Morgan fingerprint density at radius 1 is 1.12 bits per heavy atom. The van der Waals surface area contributed by atoms with Crippen LogP contribution in [0.15, 0.2) is 61.2 Å². The Bertz CT molecular complexity index is 664. The predicted molar refractivity (Wildman–Crippen MR) is 93.9 cm³/mol. The van der Waals surface area contributed by atoms with Crippen molar-refractivity contribution in [1.29, 1.82) is 0 Å². The maximum atomic E-state index is 14.0. The van der Waals surface area contributed by atoms with Gasteiger partial charge in [0.05, 0.1) is 19.3 Å². The third-order valence-electron chi connectivity index (χ3n) is 3.67. The lowest BCUT2D eigenvalue weighted by Crippen LogP contribution is -2.34. The second kappa shape index (κ2) is 10.0. The van der Waals surface area contributed by atoms with Crippen molar-refractivity contribution in [3.63, 3.8) is 0 Å². The van der Waals surface area contributed by atoms with Crippen LogP contribution in [0.1, 0.15) is 11.1 Å². The van der Waals surface area contributed by atoms with Gasteiger partial charge in [0.2, 0.25) is 0 Å². The van der Waals surface area contributed by atoms with E-state index < -0.39 is 17.7 Å². The molecule has 0 saturated heterocycles. The molecule has 0 aliphatic heterocycles. The fraction of sp³-hybridized carbons (Fsp3) is 0.300. The Kier molecular flexibility index (Phi) is 7.73. The van der Waals surface area contributed by atoms with Crippen LogP contribution in [0.4, 0.5) is 8.78 Å². The summed E-state index contributed by atoms with van der Waals surface area (Å²) in [7, 11) is 0. The molecule has 1 N–H and O–H groups in total. The summed E-state index contributed by atoms with van der Waals surface area (Å²) in [4.78, 5) is 1.91. The molecule has 2 rings (SSSR count). The third kappa shape index (κ3) is 6.74. The van der Waals surface area contributed by atoms with Crippen LogP contribution < -0.4 is 0 Å². The largest absolute Gasteiger partial charge is 0.389 e. The number of halogens is 2. The predicted octanol–water partition coefficient (Wildman–Crippen LogP) is 3.53. The molecule has 2 aromatic rings. The second-order valence-corrected chi connectivity index (χ2v) is 5.87. The van der Waals surface area contributed by atoms with Gasteiger partial charge in [-0.25, -0.2) is 8.78 Å². The first-order chi connectivity index (χ1) is 12.1. The molecule has 0 aliphatic carbocycles. The number of aliphatic hydroxyl groups excluding tert-OH is 1. The van der Waals surface area contributed by atoms with Gasteiger partial charge in [0.25, 0.3) is 0 Å². The smallest absolute Gasteiger partial charge is 0.130 e. The molecule has 1 atom stereocenters. The minimum atomic E-state index is -0.716. The van der Waals surface area contributed by atoms with Crippen molar-refractivity contribution >= 4 is 0 Å². The van der Waals surface area contributed by atoms with Gasteiger partial charge >= 0.3 is 0 Å². The Morgan fingerprint density at radius 3 is 2.56 bits per heavy atom. The highest BCUT2D eigenvalue weighted by Crippen LogP contribution is 2.15. The molecule has 0 saturated carbocycles. The molecule has 0 spiro atoms. The molecule has 0 amide bonds. The number of hydrogen-bond donors (Lipinski definition) is 1. The van der Waals surface area contributed by atoms with Crippen molar-refractivity contribution < 1.29 is 18.6 Å². The first kappa shape index (κ1) is 19.2. The zero-order chi connectivity index (χ0) is 18.1. The van der Waals surface area contributed by atoms with Crippen molar-refractivity contribution in [2.75, 3.05) is 19.8 Å². The summed E-state index contributed by atoms with van der Waals surface area (Å²) in [5.41, 5.74) is 1.43. The summed E-state index contributed by atoms with van der Waals surface area (Å²) in [5.74, 6) is -1.19. The molecule has 0 aliphatic rings. The van der Waals surface area contributed by atoms with Crippen LogP contribution in [-0.2, 0) is 17.8 Å². The molecule has 1 unspecified atom stereocenters. The van der Waals surface area contributed by atoms with Gasteiger partial charge in [-0.15, -0.1) is 6.58 Å². The van der Waals surface area contributed by atoms with E-state index in [0.717, 1.165) is 11.6 Å². The van der Waals surface area contributed by atoms with Gasteiger partial charge in [0, 0.05) is 31.3 Å². The van der Waals surface area contributed by atoms with E-state index in [0.29, 0.717) is 25.3 Å². The standard InChI is InChI=1S/C20H23F2NO2/c1-2-10-25-15-19(24)14-23(12-16-6-4-3-5-7-16)13-17-8-9-18(21)11-20(17)22/h2-9,11,19,24H,1,10,12-15H2. The number of aliphatic hydroxyl groups is 1. The zero-order valence-electron chi connectivity index (χ0n) is 14.1. The monoisotopic (exact) mass is 347 g/mol. The highest BCUT2D eigenvalue weighted by Gasteiger charge is 2.15. The third-order valence-corrected chi connectivity index (χ3v) is 3.67. The van der Waals surface area contributed by atoms with E-state index in [-0.39, 0.29) is 13.2 Å². The van der Waals surface area contributed by atoms with Crippen LogP contribution in [0.3, 0.4) is 0 Å². The lowest BCUT2D eigenvalue weighted by Gasteiger charge is -2.25. The van der Waals surface area contributed by atoms with Crippen molar-refractivity contribution in [1.82, 2.24) is 4.90 Å². The topological polar surface area (TPSA) is 32.7 Å². The number of rotatable bonds is 10. The van der Waals surface area contributed by atoms with Crippen molar-refractivity contribution in [2.45, 2.75) is 19.2 Å². The molecular weight excluding hydrogens is 324 g/mol. The molecule has 134 valence electrons. The van der Waals surface area contributed by atoms with E-state index >= 15 is 0 Å². The first-order valence-corrected chi connectivity index (χ1v) is 8.15. The van der Waals surface area contributed by atoms with Crippen LogP contribution in [0.2, 0.25) is 0 Å². The Morgan fingerprint density at radius 2 is 1.88 bits per heavy atom. The van der Waals surface area contributed by atoms with Crippen LogP contribution in [0.25, 0.3) is 0 Å². The first-order valence-electron chi connectivity index (χ1n) is 8.15. The Labute approximate surface area is 147 Å². The van der Waals surface area contributed by atoms with Gasteiger partial charge in [-0.3, -0.25) is 4.90 Å². The van der Waals surface area contributed by atoms with Gasteiger partial charge in [-0.2, -0.15) is 0 Å². The molecule has 0 bridgehead atoms. The van der Waals surface area contributed by atoms with E-state index in [1.807, 2.05) is 35.2 Å². The maximum absolute atomic E-state index is 14.0. The number of nitrogens with zero attached hydrogens (tertiary/aromatic N) is 1. The van der Waals surface area contributed by atoms with Gasteiger partial charge in [-0.1, -0.05) is 42.5 Å². The molecular formula is C20H23F2NO2. The quantitative estimate of drug-likeness (QED) is 0.527. The normalized spacial score (nSPS) is 12.3. The van der Waals surface area contributed by atoms with Crippen LogP contribution in [0, 0.1) is 11.6 Å². The molecule has 0 aromatic heterocycles. The van der Waals surface area contributed by atoms with Crippen LogP contribution in [0.5, 0.6) is 0 Å². The molecule has 0 heterocycles. The summed E-state index contributed by atoms with van der Waals surface area (Å²) in [5, 5.41) is 10.2. The molecule has 5 heteroatoms. The lowest BCUT2D eigenvalue weighted by atomic mass is 10.1. The van der Waals surface area contributed by atoms with E-state index in [1.165, 1.54) is 12.1 Å². The van der Waals surface area contributed by atoms with E-state index in [9.17, 15) is 13.9 Å². The van der Waals surface area contributed by atoms with Gasteiger partial charge in [0.1, 0.15) is 11.6 Å². The fourth-order valence-corrected chi connectivity index (χ4v) is 2.56. The highest BCUT2D eigenvalue weighted by molar-refractivity contribution is 5.19. The average Bonchev–Trinajstić information content (AvgIpc) is 2.58. The van der Waals surface area contributed by atoms with E-state index in [4.69, 9.17) is 4.74 Å². The number of hydrogen-bond acceptors (Lipinski definition) is 3. The second-order valence-electron chi connectivity index (χ2n) is 5.87. The van der Waals surface area contributed by atoms with E-state index in [2.05, 4.69) is 6.58 Å². The van der Waals surface area contributed by atoms with Crippen molar-refractivity contribution in [3.05, 3.63) is 83.9 Å². The van der Waals surface area contributed by atoms with Crippen molar-refractivity contribution in [2.24, 2.45) is 0 Å². The van der Waals surface area contributed by atoms with Gasteiger partial charge in [0.15, 0.2) is 0 Å². The molecule has 3 nitrogen and oxygen atoms in total. The molecule has 0 fully saturated rings. The van der Waals surface area contributed by atoms with Gasteiger partial charge < -0.3 is 9.84 Å². The van der Waals surface area contributed by atoms with Crippen LogP contribution >= 0.6 is 0 Å². The summed E-state index contributed by atoms with van der Waals surface area (Å²) >= 11 is 0. The lowest BCUT2D eigenvalue weighted by molar-refractivity contribution is 0.0226. The maximum Gasteiger partial charge on any atom is 0.130 e. The fourth-order valence-electron chi connectivity index (χ4n) is 2.56. The number of benzene rings is 2. The number of ether oxygens (including phenoxy) is 1. The molecule has 25 heavy (non-hydrogen) atoms. The summed E-state index contributed by atoms with van der Waals surface area (Å²) in [6, 6.07) is 13.3. The minimum absolute atomic E-state index is 0.170.